The number of aliphatic hydroxyl groups excluding tert-OH is 1. The number of aromatic nitrogens is 2. The number of methoxy groups -OCH3 is 1. The summed E-state index contributed by atoms with van der Waals surface area (Å²) in [7, 11) is 1.57. The van der Waals surface area contributed by atoms with E-state index >= 15 is 0 Å². The third kappa shape index (κ3) is 4.24. The van der Waals surface area contributed by atoms with Gasteiger partial charge < -0.3 is 14.7 Å². The molecule has 3 aromatic rings. The number of nitrogens with one attached hydrogen (secondary N) is 1. The van der Waals surface area contributed by atoms with Gasteiger partial charge in [-0.15, -0.1) is 0 Å². The van der Waals surface area contributed by atoms with E-state index in [1.807, 2.05) is 23.3 Å². The summed E-state index contributed by atoms with van der Waals surface area (Å²) in [6.07, 6.45) is 6.18. The maximum absolute atomic E-state index is 13.0. The summed E-state index contributed by atoms with van der Waals surface area (Å²) in [6.45, 7) is 1.04. The fraction of sp³-hybridized carbons (Fsp3) is 0.208. The number of ether oxygens (including phenoxy) is 1. The van der Waals surface area contributed by atoms with Crippen molar-refractivity contribution in [2.24, 2.45) is 0 Å². The number of benzene rings is 2. The summed E-state index contributed by atoms with van der Waals surface area (Å²) in [5.41, 5.74) is 1.21. The van der Waals surface area contributed by atoms with Crippen molar-refractivity contribution in [2.45, 2.75) is 19.0 Å². The number of hydrogen-bond acceptors (Lipinski definition) is 4. The molecule has 8 heteroatoms. The normalized spacial score (nSPS) is 17.7. The van der Waals surface area contributed by atoms with Gasteiger partial charge in [-0.3, -0.25) is 14.6 Å². The number of amides is 1. The SMILES string of the molecule is COc1ccc(C2C(=C(O)c3ccc(Cl)cc3)C(=O)C(=O)N2CCC[n+]2cc[nH]c2)cc1. The van der Waals surface area contributed by atoms with Gasteiger partial charge in [0.15, 0.2) is 0 Å². The van der Waals surface area contributed by atoms with E-state index in [2.05, 4.69) is 4.98 Å². The molecule has 164 valence electrons. The molecule has 32 heavy (non-hydrogen) atoms. The summed E-state index contributed by atoms with van der Waals surface area (Å²) < 4.78 is 7.20. The van der Waals surface area contributed by atoms with Gasteiger partial charge in [-0.05, 0) is 42.0 Å². The van der Waals surface area contributed by atoms with E-state index in [9.17, 15) is 14.7 Å². The van der Waals surface area contributed by atoms with Gasteiger partial charge in [0, 0.05) is 23.6 Å². The molecule has 0 aliphatic carbocycles. The minimum Gasteiger partial charge on any atom is -0.507 e. The average Bonchev–Trinajstić information content (AvgIpc) is 3.41. The summed E-state index contributed by atoms with van der Waals surface area (Å²) in [4.78, 5) is 30.5. The predicted octanol–water partition coefficient (Wildman–Crippen LogP) is 3.48. The second kappa shape index (κ2) is 9.28. The molecule has 1 unspecified atom stereocenters. The smallest absolute Gasteiger partial charge is 0.295 e. The van der Waals surface area contributed by atoms with Gasteiger partial charge in [0.2, 0.25) is 6.33 Å². The average molecular weight is 453 g/mol. The third-order valence-electron chi connectivity index (χ3n) is 5.51. The molecule has 2 N–H and O–H groups in total. The summed E-state index contributed by atoms with van der Waals surface area (Å²) in [5, 5.41) is 11.5. The highest BCUT2D eigenvalue weighted by atomic mass is 35.5. The van der Waals surface area contributed by atoms with Crippen LogP contribution in [0.25, 0.3) is 5.76 Å². The fourth-order valence-corrected chi connectivity index (χ4v) is 4.02. The largest absolute Gasteiger partial charge is 0.507 e. The van der Waals surface area contributed by atoms with Gasteiger partial charge in [0.1, 0.15) is 23.9 Å². The Labute approximate surface area is 190 Å². The van der Waals surface area contributed by atoms with E-state index in [0.717, 1.165) is 5.56 Å². The number of hydrogen-bond donors (Lipinski definition) is 2. The molecule has 7 nitrogen and oxygen atoms in total. The maximum atomic E-state index is 13.0. The molecule has 0 saturated carbocycles. The Bertz CT molecular complexity index is 1140. The number of aryl methyl sites for hydroxylation is 1. The zero-order valence-electron chi connectivity index (χ0n) is 17.5. The molecule has 2 heterocycles. The Kier molecular flexibility index (Phi) is 6.28. The van der Waals surface area contributed by atoms with Gasteiger partial charge in [-0.2, -0.15) is 0 Å². The van der Waals surface area contributed by atoms with Crippen LogP contribution in [0.4, 0.5) is 0 Å². The molecule has 1 amide bonds. The highest BCUT2D eigenvalue weighted by molar-refractivity contribution is 6.46. The number of Topliss-reactive ketones (excluding diaryl/α,β-unsaturated/α-hetero) is 1. The lowest BCUT2D eigenvalue weighted by atomic mass is 9.95. The highest BCUT2D eigenvalue weighted by Gasteiger charge is 2.45. The Morgan fingerprint density at radius 2 is 1.88 bits per heavy atom. The molecule has 0 bridgehead atoms. The molecule has 4 rings (SSSR count). The van der Waals surface area contributed by atoms with E-state index in [-0.39, 0.29) is 11.3 Å². The monoisotopic (exact) mass is 452 g/mol. The number of likely N-dealkylation sites (tertiary alicyclic amines) is 1. The van der Waals surface area contributed by atoms with Crippen molar-refractivity contribution in [1.82, 2.24) is 9.88 Å². The number of imidazole rings is 1. The van der Waals surface area contributed by atoms with Crippen LogP contribution in [0.15, 0.2) is 72.8 Å². The number of carbonyl (C=O) groups is 2. The molecular formula is C24H23ClN3O4+. The zero-order chi connectivity index (χ0) is 22.7. The van der Waals surface area contributed by atoms with Crippen LogP contribution in [-0.4, -0.2) is 40.3 Å². The van der Waals surface area contributed by atoms with Crippen LogP contribution in [0.3, 0.4) is 0 Å². The predicted molar refractivity (Wildman–Crippen MR) is 119 cm³/mol. The molecule has 1 saturated heterocycles. The van der Waals surface area contributed by atoms with Crippen molar-refractivity contribution in [1.29, 1.82) is 0 Å². The standard InChI is InChI=1S/C24H22ClN3O4/c1-32-19-9-5-16(6-10-19)21-20(22(29)17-3-7-18(25)8-4-17)23(30)24(31)28(21)13-2-12-27-14-11-26-15-27/h3-11,14-15,21H,2,12-13H2,1H3,(H,29,30)/p+1. The molecule has 1 atom stereocenters. The number of ketones is 1. The number of nitrogens with zero attached hydrogens (tertiary/aromatic N) is 2. The second-order valence-electron chi connectivity index (χ2n) is 7.48. The number of H-pyrrole nitrogens is 1. The van der Waals surface area contributed by atoms with Crippen molar-refractivity contribution in [3.05, 3.63) is 89.0 Å². The number of rotatable bonds is 7. The fourth-order valence-electron chi connectivity index (χ4n) is 3.89. The first-order valence-electron chi connectivity index (χ1n) is 10.2. The van der Waals surface area contributed by atoms with Gasteiger partial charge in [-0.25, -0.2) is 4.57 Å². The summed E-state index contributed by atoms with van der Waals surface area (Å²) in [6, 6.07) is 13.0. The third-order valence-corrected chi connectivity index (χ3v) is 5.76. The van der Waals surface area contributed by atoms with E-state index in [1.54, 1.807) is 55.6 Å². The molecule has 1 aromatic heterocycles. The maximum Gasteiger partial charge on any atom is 0.295 e. The second-order valence-corrected chi connectivity index (χ2v) is 7.91. The molecule has 2 aromatic carbocycles. The first kappa shape index (κ1) is 21.6. The number of aromatic amines is 1. The van der Waals surface area contributed by atoms with Crippen molar-refractivity contribution in [2.75, 3.05) is 13.7 Å². The van der Waals surface area contributed by atoms with Crippen molar-refractivity contribution < 1.29 is 24.0 Å². The van der Waals surface area contributed by atoms with Crippen LogP contribution in [0.1, 0.15) is 23.6 Å². The van der Waals surface area contributed by atoms with E-state index in [4.69, 9.17) is 16.3 Å². The number of halogens is 1. The highest BCUT2D eigenvalue weighted by Crippen LogP contribution is 2.40. The first-order valence-corrected chi connectivity index (χ1v) is 10.6. The molecule has 0 radical (unpaired) electrons. The van der Waals surface area contributed by atoms with Crippen LogP contribution < -0.4 is 9.30 Å². The molecule has 1 aliphatic heterocycles. The zero-order valence-corrected chi connectivity index (χ0v) is 18.2. The van der Waals surface area contributed by atoms with Crippen LogP contribution >= 0.6 is 11.6 Å². The lowest BCUT2D eigenvalue weighted by Crippen LogP contribution is -2.36. The van der Waals surface area contributed by atoms with Crippen molar-refractivity contribution in [3.8, 4) is 5.75 Å². The summed E-state index contributed by atoms with van der Waals surface area (Å²) in [5.74, 6) is -0.886. The van der Waals surface area contributed by atoms with Crippen LogP contribution in [0.2, 0.25) is 5.02 Å². The topological polar surface area (TPSA) is 86.5 Å². The van der Waals surface area contributed by atoms with Gasteiger partial charge >= 0.3 is 0 Å². The van der Waals surface area contributed by atoms with Crippen molar-refractivity contribution >= 4 is 29.1 Å². The van der Waals surface area contributed by atoms with Crippen LogP contribution in [-0.2, 0) is 16.1 Å². The minimum atomic E-state index is -0.701. The lowest BCUT2D eigenvalue weighted by Gasteiger charge is -2.25. The Morgan fingerprint density at radius 3 is 2.50 bits per heavy atom. The van der Waals surface area contributed by atoms with E-state index < -0.39 is 17.7 Å². The number of aliphatic hydroxyl groups is 1. The first-order chi connectivity index (χ1) is 15.5. The number of carbonyl (C=O) groups excluding carboxylic acids is 2. The van der Waals surface area contributed by atoms with Crippen LogP contribution in [0, 0.1) is 0 Å². The van der Waals surface area contributed by atoms with Crippen LogP contribution in [0.5, 0.6) is 5.75 Å². The Balaban J connectivity index is 1.72. The quantitative estimate of drug-likeness (QED) is 0.249. The van der Waals surface area contributed by atoms with Gasteiger partial charge in [0.05, 0.1) is 25.3 Å². The minimum absolute atomic E-state index is 0.0665. The Hall–Kier alpha value is -3.58. The van der Waals surface area contributed by atoms with E-state index in [1.165, 1.54) is 4.90 Å². The lowest BCUT2D eigenvalue weighted by molar-refractivity contribution is -0.695. The molecule has 1 fully saturated rings. The molecule has 1 aliphatic rings. The molecular weight excluding hydrogens is 430 g/mol. The van der Waals surface area contributed by atoms with Crippen molar-refractivity contribution in [3.63, 3.8) is 0 Å². The van der Waals surface area contributed by atoms with Gasteiger partial charge in [-0.1, -0.05) is 23.7 Å². The van der Waals surface area contributed by atoms with E-state index in [0.29, 0.717) is 35.8 Å². The molecule has 0 spiro atoms. The summed E-state index contributed by atoms with van der Waals surface area (Å²) >= 11 is 5.96. The van der Waals surface area contributed by atoms with Gasteiger partial charge in [0.25, 0.3) is 11.7 Å². The Morgan fingerprint density at radius 1 is 1.16 bits per heavy atom.